The summed E-state index contributed by atoms with van der Waals surface area (Å²) in [6.07, 6.45) is 2.54. The van der Waals surface area contributed by atoms with E-state index in [0.29, 0.717) is 5.69 Å². The highest BCUT2D eigenvalue weighted by Crippen LogP contribution is 2.26. The molecule has 1 atom stereocenters. The van der Waals surface area contributed by atoms with Crippen LogP contribution in [0.5, 0.6) is 0 Å². The van der Waals surface area contributed by atoms with Crippen molar-refractivity contribution in [3.05, 3.63) is 28.6 Å². The van der Waals surface area contributed by atoms with Crippen molar-refractivity contribution in [2.45, 2.75) is 26.3 Å². The van der Waals surface area contributed by atoms with Gasteiger partial charge in [0.05, 0.1) is 0 Å². The highest BCUT2D eigenvalue weighted by atomic mass is 32.1. The number of aromatic nitrogens is 2. The topological polar surface area (TPSA) is 55.1 Å². The molecule has 0 saturated heterocycles. The van der Waals surface area contributed by atoms with E-state index in [1.807, 2.05) is 23.8 Å². The molecular formula is C12H14N2O2S. The molecule has 2 heterocycles. The first-order valence-corrected chi connectivity index (χ1v) is 6.42. The van der Waals surface area contributed by atoms with E-state index >= 15 is 0 Å². The number of hydrogen-bond donors (Lipinski definition) is 1. The van der Waals surface area contributed by atoms with E-state index in [1.54, 1.807) is 10.9 Å². The first-order valence-electron chi connectivity index (χ1n) is 5.48. The van der Waals surface area contributed by atoms with Gasteiger partial charge in [-0.05, 0) is 24.8 Å². The lowest BCUT2D eigenvalue weighted by molar-refractivity contribution is 0.0697. The Morgan fingerprint density at radius 2 is 2.41 bits per heavy atom. The van der Waals surface area contributed by atoms with E-state index < -0.39 is 5.97 Å². The Kier molecular flexibility index (Phi) is 3.28. The van der Waals surface area contributed by atoms with Gasteiger partial charge in [-0.15, -0.1) is 0 Å². The van der Waals surface area contributed by atoms with Crippen LogP contribution in [0.25, 0.3) is 11.3 Å². The molecule has 2 aromatic heterocycles. The number of carbonyl (C=O) groups is 1. The summed E-state index contributed by atoms with van der Waals surface area (Å²) in [4.78, 5) is 11.2. The van der Waals surface area contributed by atoms with E-state index in [4.69, 9.17) is 0 Å². The molecule has 0 saturated carbocycles. The Hall–Kier alpha value is -1.62. The molecule has 0 aliphatic heterocycles. The van der Waals surface area contributed by atoms with Crippen molar-refractivity contribution >= 4 is 17.3 Å². The highest BCUT2D eigenvalue weighted by Gasteiger charge is 2.18. The molecule has 1 N–H and O–H groups in total. The molecule has 90 valence electrons. The van der Waals surface area contributed by atoms with Crippen LogP contribution in [0.1, 0.15) is 36.7 Å². The van der Waals surface area contributed by atoms with Gasteiger partial charge in [-0.2, -0.15) is 16.4 Å². The minimum absolute atomic E-state index is 0.209. The van der Waals surface area contributed by atoms with Gasteiger partial charge in [-0.25, -0.2) is 4.79 Å². The fourth-order valence-corrected chi connectivity index (χ4v) is 2.21. The monoisotopic (exact) mass is 250 g/mol. The summed E-state index contributed by atoms with van der Waals surface area (Å²) < 4.78 is 1.73. The van der Waals surface area contributed by atoms with E-state index in [1.165, 1.54) is 11.3 Å². The predicted octanol–water partition coefficient (Wildman–Crippen LogP) is 3.28. The lowest BCUT2D eigenvalue weighted by atomic mass is 10.1. The number of carboxylic acid groups (broad SMARTS) is 1. The molecule has 0 bridgehead atoms. The molecule has 1 unspecified atom stereocenters. The van der Waals surface area contributed by atoms with Crippen LogP contribution in [0.4, 0.5) is 0 Å². The van der Waals surface area contributed by atoms with Crippen LogP contribution in [-0.2, 0) is 0 Å². The van der Waals surface area contributed by atoms with Crippen LogP contribution in [0.3, 0.4) is 0 Å². The molecule has 2 rings (SSSR count). The molecule has 2 aromatic rings. The molecule has 0 aliphatic rings. The number of rotatable bonds is 4. The number of nitrogens with zero attached hydrogens (tertiary/aromatic N) is 2. The Bertz CT molecular complexity index is 517. The van der Waals surface area contributed by atoms with E-state index in [-0.39, 0.29) is 11.6 Å². The molecule has 0 fully saturated rings. The van der Waals surface area contributed by atoms with E-state index in [2.05, 4.69) is 12.0 Å². The molecule has 4 nitrogen and oxygen atoms in total. The van der Waals surface area contributed by atoms with Crippen LogP contribution in [0, 0.1) is 0 Å². The zero-order valence-corrected chi connectivity index (χ0v) is 10.6. The normalized spacial score (nSPS) is 12.6. The van der Waals surface area contributed by atoms with Crippen molar-refractivity contribution in [2.75, 3.05) is 0 Å². The molecular weight excluding hydrogens is 236 g/mol. The van der Waals surface area contributed by atoms with Crippen LogP contribution < -0.4 is 0 Å². The first kappa shape index (κ1) is 11.9. The van der Waals surface area contributed by atoms with Gasteiger partial charge in [0.1, 0.15) is 11.3 Å². The van der Waals surface area contributed by atoms with Crippen LogP contribution in [0.15, 0.2) is 23.0 Å². The number of aromatic carboxylic acids is 1. The van der Waals surface area contributed by atoms with Gasteiger partial charge in [0.2, 0.25) is 0 Å². The SMILES string of the molecule is CCC(C)n1cc(C(=O)O)c(-c2ccsc2)n1. The fraction of sp³-hybridized carbons (Fsp3) is 0.333. The Balaban J connectivity index is 2.50. The Morgan fingerprint density at radius 1 is 1.65 bits per heavy atom. The van der Waals surface area contributed by atoms with Crippen LogP contribution in [0.2, 0.25) is 0 Å². The second-order valence-corrected chi connectivity index (χ2v) is 4.73. The lowest BCUT2D eigenvalue weighted by Gasteiger charge is -2.07. The molecule has 5 heteroatoms. The van der Waals surface area contributed by atoms with E-state index in [0.717, 1.165) is 12.0 Å². The number of thiophene rings is 1. The quantitative estimate of drug-likeness (QED) is 0.906. The van der Waals surface area contributed by atoms with Gasteiger partial charge in [0.25, 0.3) is 0 Å². The largest absolute Gasteiger partial charge is 0.478 e. The Morgan fingerprint density at radius 3 is 2.94 bits per heavy atom. The summed E-state index contributed by atoms with van der Waals surface area (Å²) in [5.41, 5.74) is 1.69. The average Bonchev–Trinajstić information content (AvgIpc) is 2.95. The van der Waals surface area contributed by atoms with Gasteiger partial charge in [-0.1, -0.05) is 6.92 Å². The van der Waals surface area contributed by atoms with Crippen molar-refractivity contribution in [1.29, 1.82) is 0 Å². The average molecular weight is 250 g/mol. The lowest BCUT2D eigenvalue weighted by Crippen LogP contribution is -2.04. The van der Waals surface area contributed by atoms with Crippen molar-refractivity contribution < 1.29 is 9.90 Å². The third-order valence-electron chi connectivity index (χ3n) is 2.80. The van der Waals surface area contributed by atoms with Gasteiger partial charge >= 0.3 is 5.97 Å². The standard InChI is InChI=1S/C12H14N2O2S/c1-3-8(2)14-6-10(12(15)16)11(13-14)9-4-5-17-7-9/h4-8H,3H2,1-2H3,(H,15,16). The van der Waals surface area contributed by atoms with Gasteiger partial charge in [0.15, 0.2) is 0 Å². The second-order valence-electron chi connectivity index (χ2n) is 3.95. The van der Waals surface area contributed by atoms with Gasteiger partial charge < -0.3 is 5.11 Å². The second kappa shape index (κ2) is 4.71. The number of carboxylic acids is 1. The number of hydrogen-bond acceptors (Lipinski definition) is 3. The molecule has 0 spiro atoms. The zero-order valence-electron chi connectivity index (χ0n) is 9.75. The van der Waals surface area contributed by atoms with E-state index in [9.17, 15) is 9.90 Å². The van der Waals surface area contributed by atoms with Crippen LogP contribution in [-0.4, -0.2) is 20.9 Å². The third-order valence-corrected chi connectivity index (χ3v) is 3.48. The molecule has 0 radical (unpaired) electrons. The summed E-state index contributed by atoms with van der Waals surface area (Å²) in [5.74, 6) is -0.930. The predicted molar refractivity (Wildman–Crippen MR) is 67.5 cm³/mol. The summed E-state index contributed by atoms with van der Waals surface area (Å²) in [7, 11) is 0. The smallest absolute Gasteiger partial charge is 0.339 e. The molecule has 0 amide bonds. The van der Waals surface area contributed by atoms with Crippen molar-refractivity contribution in [1.82, 2.24) is 9.78 Å². The maximum Gasteiger partial charge on any atom is 0.339 e. The van der Waals surface area contributed by atoms with Gasteiger partial charge in [-0.3, -0.25) is 4.68 Å². The minimum Gasteiger partial charge on any atom is -0.478 e. The molecule has 0 aliphatic carbocycles. The molecule has 0 aromatic carbocycles. The summed E-state index contributed by atoms with van der Waals surface area (Å²) >= 11 is 1.54. The first-order chi connectivity index (χ1) is 8.13. The fourth-order valence-electron chi connectivity index (χ4n) is 1.57. The zero-order chi connectivity index (χ0) is 12.4. The Labute approximate surface area is 104 Å². The highest BCUT2D eigenvalue weighted by molar-refractivity contribution is 7.08. The third kappa shape index (κ3) is 2.24. The van der Waals surface area contributed by atoms with Crippen molar-refractivity contribution in [2.24, 2.45) is 0 Å². The van der Waals surface area contributed by atoms with Crippen molar-refractivity contribution in [3.8, 4) is 11.3 Å². The maximum absolute atomic E-state index is 11.2. The molecule has 17 heavy (non-hydrogen) atoms. The van der Waals surface area contributed by atoms with Crippen LogP contribution >= 0.6 is 11.3 Å². The summed E-state index contributed by atoms with van der Waals surface area (Å²) in [5, 5.41) is 17.4. The summed E-state index contributed by atoms with van der Waals surface area (Å²) in [6, 6.07) is 2.10. The summed E-state index contributed by atoms with van der Waals surface area (Å²) in [6.45, 7) is 4.08. The van der Waals surface area contributed by atoms with Crippen molar-refractivity contribution in [3.63, 3.8) is 0 Å². The van der Waals surface area contributed by atoms with Gasteiger partial charge in [0, 0.05) is 23.2 Å². The maximum atomic E-state index is 11.2. The minimum atomic E-state index is -0.930.